The topological polar surface area (TPSA) is 75.6 Å². The predicted octanol–water partition coefficient (Wildman–Crippen LogP) is 2.26. The van der Waals surface area contributed by atoms with Crippen molar-refractivity contribution in [2.45, 2.75) is 38.0 Å². The molecule has 0 saturated carbocycles. The molecule has 1 fully saturated rings. The smallest absolute Gasteiger partial charge is 0.332 e. The molecule has 0 spiro atoms. The lowest BCUT2D eigenvalue weighted by atomic mass is 10.1. The molecule has 108 valence electrons. The van der Waals surface area contributed by atoms with Crippen LogP contribution in [0.15, 0.2) is 28.7 Å². The summed E-state index contributed by atoms with van der Waals surface area (Å²) in [6.07, 6.45) is -0.724. The Balaban J connectivity index is 1.91. The van der Waals surface area contributed by atoms with Crippen LogP contribution >= 0.6 is 15.9 Å². The number of rotatable bonds is 4. The molecule has 0 radical (unpaired) electrons. The van der Waals surface area contributed by atoms with Crippen molar-refractivity contribution < 1.29 is 19.4 Å². The van der Waals surface area contributed by atoms with E-state index in [2.05, 4.69) is 21.2 Å². The minimum atomic E-state index is -1.01. The number of carbonyl (C=O) groups is 2. The van der Waals surface area contributed by atoms with Crippen LogP contribution in [0.1, 0.15) is 31.4 Å². The molecule has 1 amide bonds. The molecule has 6 heteroatoms. The van der Waals surface area contributed by atoms with E-state index in [9.17, 15) is 9.59 Å². The van der Waals surface area contributed by atoms with Crippen LogP contribution in [0.3, 0.4) is 0 Å². The largest absolute Gasteiger partial charge is 0.479 e. The summed E-state index contributed by atoms with van der Waals surface area (Å²) in [5, 5.41) is 11.7. The summed E-state index contributed by atoms with van der Waals surface area (Å²) < 4.78 is 6.20. The Bertz CT molecular complexity index is 502. The number of amides is 1. The van der Waals surface area contributed by atoms with Crippen molar-refractivity contribution in [1.82, 2.24) is 5.32 Å². The number of carbonyl (C=O) groups excluding carboxylic acids is 1. The van der Waals surface area contributed by atoms with Crippen LogP contribution in [0.5, 0.6) is 0 Å². The van der Waals surface area contributed by atoms with E-state index in [1.807, 2.05) is 31.2 Å². The molecule has 1 heterocycles. The monoisotopic (exact) mass is 341 g/mol. The molecule has 5 nitrogen and oxygen atoms in total. The molecule has 1 aromatic carbocycles. The number of benzene rings is 1. The minimum Gasteiger partial charge on any atom is -0.479 e. The van der Waals surface area contributed by atoms with E-state index in [0.29, 0.717) is 12.8 Å². The van der Waals surface area contributed by atoms with Gasteiger partial charge >= 0.3 is 5.97 Å². The van der Waals surface area contributed by atoms with E-state index in [0.717, 1.165) is 10.0 Å². The van der Waals surface area contributed by atoms with Crippen LogP contribution in [0, 0.1) is 0 Å². The highest BCUT2D eigenvalue weighted by atomic mass is 79.9. The normalized spacial score (nSPS) is 23.3. The second-order valence-electron chi connectivity index (χ2n) is 4.81. The zero-order valence-corrected chi connectivity index (χ0v) is 12.6. The van der Waals surface area contributed by atoms with Gasteiger partial charge in [-0.1, -0.05) is 28.1 Å². The number of ether oxygens (including phenoxy) is 1. The van der Waals surface area contributed by atoms with Gasteiger partial charge in [0.2, 0.25) is 5.91 Å². The Kier molecular flexibility index (Phi) is 4.77. The summed E-state index contributed by atoms with van der Waals surface area (Å²) in [4.78, 5) is 22.8. The van der Waals surface area contributed by atoms with Gasteiger partial charge in [-0.2, -0.15) is 0 Å². The molecular weight excluding hydrogens is 326 g/mol. The van der Waals surface area contributed by atoms with Crippen molar-refractivity contribution in [3.05, 3.63) is 34.3 Å². The van der Waals surface area contributed by atoms with E-state index in [4.69, 9.17) is 9.84 Å². The van der Waals surface area contributed by atoms with Crippen molar-refractivity contribution in [2.24, 2.45) is 0 Å². The molecule has 1 saturated heterocycles. The van der Waals surface area contributed by atoms with Gasteiger partial charge in [0.1, 0.15) is 6.10 Å². The second kappa shape index (κ2) is 6.37. The van der Waals surface area contributed by atoms with Crippen LogP contribution in [0.25, 0.3) is 0 Å². The fourth-order valence-electron chi connectivity index (χ4n) is 2.15. The number of carboxylic acids is 1. The van der Waals surface area contributed by atoms with E-state index >= 15 is 0 Å². The van der Waals surface area contributed by atoms with E-state index in [-0.39, 0.29) is 11.9 Å². The average Bonchev–Trinajstić information content (AvgIpc) is 2.89. The lowest BCUT2D eigenvalue weighted by molar-refractivity contribution is -0.151. The Labute approximate surface area is 125 Å². The molecule has 20 heavy (non-hydrogen) atoms. The first-order valence-corrected chi connectivity index (χ1v) is 7.21. The number of aliphatic carboxylic acids is 1. The molecule has 1 aliphatic heterocycles. The van der Waals surface area contributed by atoms with Crippen molar-refractivity contribution in [1.29, 1.82) is 0 Å². The maximum Gasteiger partial charge on any atom is 0.332 e. The molecule has 0 aromatic heterocycles. The van der Waals surface area contributed by atoms with Crippen molar-refractivity contribution in [2.75, 3.05) is 0 Å². The lowest BCUT2D eigenvalue weighted by Crippen LogP contribution is -2.37. The first-order valence-electron chi connectivity index (χ1n) is 6.41. The SMILES string of the molecule is C[C@@H](NC(=O)[C@@H]1CC[C@H](C(=O)O)O1)c1ccc(Br)cc1. The maximum absolute atomic E-state index is 12.0. The highest BCUT2D eigenvalue weighted by Crippen LogP contribution is 2.22. The Morgan fingerprint density at radius 1 is 1.30 bits per heavy atom. The standard InChI is InChI=1S/C14H16BrNO4/c1-8(9-2-4-10(15)5-3-9)16-13(17)11-6-7-12(20-11)14(18)19/h2-5,8,11-12H,6-7H2,1H3,(H,16,17)(H,18,19)/t8-,11+,12-/m1/s1. The number of nitrogens with one attached hydrogen (secondary N) is 1. The number of carboxylic acid groups (broad SMARTS) is 1. The third-order valence-electron chi connectivity index (χ3n) is 3.32. The molecule has 3 atom stereocenters. The minimum absolute atomic E-state index is 0.150. The summed E-state index contributed by atoms with van der Waals surface area (Å²) in [7, 11) is 0. The molecule has 0 bridgehead atoms. The first kappa shape index (κ1) is 15.0. The van der Waals surface area contributed by atoms with Gasteiger partial charge in [-0.25, -0.2) is 4.79 Å². The van der Waals surface area contributed by atoms with Gasteiger partial charge in [-0.05, 0) is 37.5 Å². The third-order valence-corrected chi connectivity index (χ3v) is 3.84. The van der Waals surface area contributed by atoms with Gasteiger partial charge in [0, 0.05) is 4.47 Å². The summed E-state index contributed by atoms with van der Waals surface area (Å²) >= 11 is 3.36. The zero-order chi connectivity index (χ0) is 14.7. The zero-order valence-electron chi connectivity index (χ0n) is 11.0. The van der Waals surface area contributed by atoms with Crippen LogP contribution in [-0.2, 0) is 14.3 Å². The summed E-state index contributed by atoms with van der Waals surface area (Å²) in [6.45, 7) is 1.88. The molecule has 0 unspecified atom stereocenters. The molecule has 0 aliphatic carbocycles. The van der Waals surface area contributed by atoms with Gasteiger partial charge < -0.3 is 15.2 Å². The van der Waals surface area contributed by atoms with Crippen molar-refractivity contribution in [3.63, 3.8) is 0 Å². The molecule has 1 aromatic rings. The quantitative estimate of drug-likeness (QED) is 0.880. The van der Waals surface area contributed by atoms with Gasteiger partial charge in [-0.15, -0.1) is 0 Å². The van der Waals surface area contributed by atoms with Gasteiger partial charge in [0.25, 0.3) is 0 Å². The average molecular weight is 342 g/mol. The summed E-state index contributed by atoms with van der Waals surface area (Å²) in [5.41, 5.74) is 0.981. The van der Waals surface area contributed by atoms with Crippen LogP contribution in [-0.4, -0.2) is 29.2 Å². The molecule has 2 rings (SSSR count). The Morgan fingerprint density at radius 3 is 2.45 bits per heavy atom. The molecular formula is C14H16BrNO4. The van der Waals surface area contributed by atoms with Crippen LogP contribution < -0.4 is 5.32 Å². The highest BCUT2D eigenvalue weighted by molar-refractivity contribution is 9.10. The van der Waals surface area contributed by atoms with Gasteiger partial charge in [0.15, 0.2) is 6.10 Å². The number of hydrogen-bond donors (Lipinski definition) is 2. The van der Waals surface area contributed by atoms with E-state index in [1.54, 1.807) is 0 Å². The number of halogens is 1. The van der Waals surface area contributed by atoms with E-state index in [1.165, 1.54) is 0 Å². The van der Waals surface area contributed by atoms with Crippen molar-refractivity contribution >= 4 is 27.8 Å². The van der Waals surface area contributed by atoms with Gasteiger partial charge in [0.05, 0.1) is 6.04 Å². The molecule has 2 N–H and O–H groups in total. The summed E-state index contributed by atoms with van der Waals surface area (Å²) in [5.74, 6) is -1.27. The fraction of sp³-hybridized carbons (Fsp3) is 0.429. The van der Waals surface area contributed by atoms with Crippen LogP contribution in [0.4, 0.5) is 0 Å². The van der Waals surface area contributed by atoms with Gasteiger partial charge in [-0.3, -0.25) is 4.79 Å². The Morgan fingerprint density at radius 2 is 1.90 bits per heavy atom. The lowest BCUT2D eigenvalue weighted by Gasteiger charge is -2.17. The highest BCUT2D eigenvalue weighted by Gasteiger charge is 2.35. The second-order valence-corrected chi connectivity index (χ2v) is 5.73. The third kappa shape index (κ3) is 3.58. The van der Waals surface area contributed by atoms with Crippen molar-refractivity contribution in [3.8, 4) is 0 Å². The maximum atomic E-state index is 12.0. The fourth-order valence-corrected chi connectivity index (χ4v) is 2.42. The predicted molar refractivity (Wildman–Crippen MR) is 76.2 cm³/mol. The first-order chi connectivity index (χ1) is 9.47. The van der Waals surface area contributed by atoms with Crippen LogP contribution in [0.2, 0.25) is 0 Å². The summed E-state index contributed by atoms with van der Waals surface area (Å²) in [6, 6.07) is 7.51. The molecule has 1 aliphatic rings. The van der Waals surface area contributed by atoms with E-state index < -0.39 is 18.2 Å². The Hall–Kier alpha value is -1.40. The number of hydrogen-bond acceptors (Lipinski definition) is 3.